The van der Waals surface area contributed by atoms with Crippen molar-refractivity contribution in [2.45, 2.75) is 102 Å². The fraction of sp³-hybridized carbons (Fsp3) is 0.422. The number of nitro benzene ring substituents is 1. The zero-order valence-electron chi connectivity index (χ0n) is 48.5. The molecular weight excluding hydrogens is 1130 g/mol. The molecule has 22 heteroatoms. The smallest absolute Gasteiger partial charge is 0.293 e. The fourth-order valence-corrected chi connectivity index (χ4v) is 14.6. The van der Waals surface area contributed by atoms with Crippen LogP contribution >= 0.6 is 11.6 Å². The Morgan fingerprint density at radius 1 is 0.860 bits per heavy atom. The van der Waals surface area contributed by atoms with E-state index >= 15 is 0 Å². The minimum atomic E-state index is -4.63. The lowest BCUT2D eigenvalue weighted by Crippen LogP contribution is -2.52. The molecule has 6 heterocycles. The number of rotatable bonds is 17. The molecule has 3 saturated heterocycles. The minimum Gasteiger partial charge on any atom is -0.455 e. The second kappa shape index (κ2) is 24.6. The number of fused-ring (bicyclic) bond motifs is 2. The first-order valence-corrected chi connectivity index (χ1v) is 31.8. The van der Waals surface area contributed by atoms with Crippen molar-refractivity contribution in [1.82, 2.24) is 39.6 Å². The summed E-state index contributed by atoms with van der Waals surface area (Å²) in [7, 11) is -4.63. The molecule has 4 aromatic carbocycles. The maximum Gasteiger partial charge on any atom is 0.293 e. The Balaban J connectivity index is 0.653. The topological polar surface area (TPSA) is 236 Å². The van der Waals surface area contributed by atoms with Crippen molar-refractivity contribution in [3.05, 3.63) is 152 Å². The number of hydrogen-bond acceptors (Lipinski definition) is 15. The summed E-state index contributed by atoms with van der Waals surface area (Å²) < 4.78 is 36.6. The maximum atomic E-state index is 14.2. The van der Waals surface area contributed by atoms with E-state index in [2.05, 4.69) is 77.0 Å². The molecular formula is C64H72ClN11O9S. The van der Waals surface area contributed by atoms with Gasteiger partial charge in [-0.15, -0.1) is 0 Å². The summed E-state index contributed by atoms with van der Waals surface area (Å²) in [4.78, 5) is 82.3. The number of pyridine rings is 1. The molecule has 4 N–H and O–H groups in total. The zero-order valence-corrected chi connectivity index (χ0v) is 50.1. The number of carbonyl (C=O) groups is 4. The Labute approximate surface area is 505 Å². The molecule has 2 aliphatic carbocycles. The number of H-pyrrole nitrogens is 1. The van der Waals surface area contributed by atoms with Gasteiger partial charge in [0.1, 0.15) is 28.9 Å². The molecule has 4 amide bonds. The van der Waals surface area contributed by atoms with E-state index in [1.165, 1.54) is 35.0 Å². The summed E-state index contributed by atoms with van der Waals surface area (Å²) in [6.07, 6.45) is 10.8. The number of anilines is 2. The van der Waals surface area contributed by atoms with Gasteiger partial charge in [0, 0.05) is 131 Å². The summed E-state index contributed by atoms with van der Waals surface area (Å²) in [5.74, 6) is -1.16. The number of amides is 4. The van der Waals surface area contributed by atoms with Crippen molar-refractivity contribution in [2.75, 3.05) is 75.7 Å². The lowest BCUT2D eigenvalue weighted by Gasteiger charge is -2.42. The van der Waals surface area contributed by atoms with Crippen LogP contribution in [-0.2, 0) is 32.7 Å². The summed E-state index contributed by atoms with van der Waals surface area (Å²) in [5.41, 5.74) is 8.10. The zero-order chi connectivity index (χ0) is 59.9. The molecule has 1 saturated carbocycles. The van der Waals surface area contributed by atoms with E-state index in [1.807, 2.05) is 30.3 Å². The van der Waals surface area contributed by atoms with Gasteiger partial charge in [-0.3, -0.25) is 49.3 Å². The van der Waals surface area contributed by atoms with Gasteiger partial charge >= 0.3 is 0 Å². The summed E-state index contributed by atoms with van der Waals surface area (Å²) in [6.45, 7) is 13.6. The van der Waals surface area contributed by atoms with Gasteiger partial charge in [-0.25, -0.2) is 18.1 Å². The van der Waals surface area contributed by atoms with Crippen molar-refractivity contribution in [1.29, 1.82) is 0 Å². The lowest BCUT2D eigenvalue weighted by atomic mass is 9.72. The number of nitrogens with zero attached hydrogens (tertiary/aromatic N) is 7. The number of imide groups is 1. The van der Waals surface area contributed by atoms with Crippen LogP contribution in [-0.4, -0.2) is 144 Å². The molecule has 6 aliphatic rings. The monoisotopic (exact) mass is 1210 g/mol. The van der Waals surface area contributed by atoms with Crippen LogP contribution < -0.4 is 25.0 Å². The number of sulfonamides is 1. The first kappa shape index (κ1) is 58.7. The Kier molecular flexibility index (Phi) is 16.8. The molecule has 86 heavy (non-hydrogen) atoms. The van der Waals surface area contributed by atoms with Crippen molar-refractivity contribution in [3.8, 4) is 11.5 Å². The van der Waals surface area contributed by atoms with Crippen molar-refractivity contribution >= 4 is 78.9 Å². The normalized spacial score (nSPS) is 21.6. The lowest BCUT2D eigenvalue weighted by molar-refractivity contribution is -0.384. The molecule has 450 valence electrons. The molecule has 6 aromatic rings. The van der Waals surface area contributed by atoms with E-state index in [0.717, 1.165) is 124 Å². The van der Waals surface area contributed by atoms with Gasteiger partial charge in [-0.1, -0.05) is 55.3 Å². The predicted molar refractivity (Wildman–Crippen MR) is 329 cm³/mol. The van der Waals surface area contributed by atoms with Crippen LogP contribution in [0.25, 0.3) is 16.6 Å². The number of piperidine rings is 1. The molecule has 0 radical (unpaired) electrons. The second-order valence-electron chi connectivity index (χ2n) is 24.6. The van der Waals surface area contributed by atoms with E-state index < -0.39 is 43.4 Å². The summed E-state index contributed by atoms with van der Waals surface area (Å²) in [5, 5.41) is 19.7. The molecule has 20 nitrogen and oxygen atoms in total. The van der Waals surface area contributed by atoms with Crippen LogP contribution in [0.1, 0.15) is 109 Å². The van der Waals surface area contributed by atoms with Crippen molar-refractivity contribution in [2.24, 2.45) is 11.3 Å². The third-order valence-electron chi connectivity index (χ3n) is 18.4. The average Bonchev–Trinajstić information content (AvgIpc) is 2.51. The first-order valence-electron chi connectivity index (χ1n) is 29.9. The Hall–Kier alpha value is -7.69. The van der Waals surface area contributed by atoms with Gasteiger partial charge < -0.3 is 24.8 Å². The molecule has 12 rings (SSSR count). The highest BCUT2D eigenvalue weighted by Crippen LogP contribution is 2.44. The minimum absolute atomic E-state index is 0.0509. The van der Waals surface area contributed by atoms with Crippen LogP contribution in [0.4, 0.5) is 17.1 Å². The molecule has 4 fully saturated rings. The van der Waals surface area contributed by atoms with Crippen LogP contribution in [0.5, 0.6) is 11.5 Å². The van der Waals surface area contributed by atoms with Crippen LogP contribution in [0.2, 0.25) is 5.02 Å². The quantitative estimate of drug-likeness (QED) is 0.0378. The van der Waals surface area contributed by atoms with E-state index in [0.29, 0.717) is 62.1 Å². The molecule has 4 aliphatic heterocycles. The Bertz CT molecular complexity index is 3750. The van der Waals surface area contributed by atoms with Gasteiger partial charge in [0.2, 0.25) is 11.8 Å². The average molecular weight is 1210 g/mol. The van der Waals surface area contributed by atoms with Gasteiger partial charge in [-0.05, 0) is 140 Å². The Morgan fingerprint density at radius 2 is 1.62 bits per heavy atom. The number of piperazine rings is 2. The van der Waals surface area contributed by atoms with Crippen LogP contribution in [0, 0.1) is 21.4 Å². The van der Waals surface area contributed by atoms with Crippen LogP contribution in [0.3, 0.4) is 0 Å². The maximum absolute atomic E-state index is 14.2. The SMILES string of the molecule is CC1(C)CCC(CN2CCN(c3ccc(C(=O)NS(=O)(=O)c4ccc(NC[C@H]5CC[C@H](N6CCN(Cc7cccc8c7CN(C7CCC(=O)NC7=O)C8=O)CC6)CC5)c([N+](=O)[O-])c4)c(Oc4cnc5[nH]ccc5c4)c3)CC2)=C(c2ccc(Cl)cc2)C1. The fourth-order valence-electron chi connectivity index (χ4n) is 13.5. The van der Waals surface area contributed by atoms with E-state index in [9.17, 15) is 37.7 Å². The predicted octanol–water partition coefficient (Wildman–Crippen LogP) is 9.37. The number of hydrogen-bond donors (Lipinski definition) is 4. The molecule has 1 atom stereocenters. The largest absolute Gasteiger partial charge is 0.455 e. The van der Waals surface area contributed by atoms with Gasteiger partial charge in [-0.2, -0.15) is 0 Å². The third-order valence-corrected chi connectivity index (χ3v) is 20.0. The first-order chi connectivity index (χ1) is 41.4. The number of aromatic amines is 1. The third kappa shape index (κ3) is 12.9. The number of halogens is 1. The van der Waals surface area contributed by atoms with Crippen molar-refractivity contribution in [3.63, 3.8) is 0 Å². The number of allylic oxidation sites excluding steroid dienone is 1. The molecule has 0 bridgehead atoms. The number of carbonyl (C=O) groups excluding carboxylic acids is 4. The molecule has 0 spiro atoms. The summed E-state index contributed by atoms with van der Waals surface area (Å²) in [6, 6.07) is 26.0. The highest BCUT2D eigenvalue weighted by Gasteiger charge is 2.40. The highest BCUT2D eigenvalue weighted by molar-refractivity contribution is 7.90. The Morgan fingerprint density at radius 3 is 2.37 bits per heavy atom. The standard InChI is InChI=1S/C64H72ClN11O9S/c1-64(2)22-20-45(53(35-64)42-8-10-46(65)11-9-42)39-72-26-30-74(31-27-72)48-14-16-52(58(33-48)85-49-32-43-21-23-66-60(43)68-37-49)61(78)70-86(83,84)50-15-17-55(57(34-50)76(81)82)67-36-41-6-12-47(13-7-41)73-28-24-71(25-29-73)38-44-4-3-5-51-54(44)40-75(63(51)80)56-18-19-59(77)69-62(56)79/h3-5,8-11,14-17,21,23,32-34,37,41,47,56,67H,6-7,12-13,18-20,22,24-31,35-36,38-40H2,1-2H3,(H,66,68)(H,70,78)(H,69,77,79)/t41-,47-,56?. The number of ether oxygens (including phenoxy) is 1. The van der Waals surface area contributed by atoms with Crippen molar-refractivity contribution < 1.29 is 37.3 Å². The number of benzene rings is 4. The van der Waals surface area contributed by atoms with Gasteiger partial charge in [0.15, 0.2) is 0 Å². The van der Waals surface area contributed by atoms with Gasteiger partial charge in [0.25, 0.3) is 27.5 Å². The summed E-state index contributed by atoms with van der Waals surface area (Å²) >= 11 is 6.28. The van der Waals surface area contributed by atoms with E-state index in [-0.39, 0.29) is 46.6 Å². The van der Waals surface area contributed by atoms with E-state index in [4.69, 9.17) is 16.3 Å². The number of nitrogens with one attached hydrogen (secondary N) is 4. The van der Waals surface area contributed by atoms with E-state index in [1.54, 1.807) is 35.4 Å². The van der Waals surface area contributed by atoms with Crippen LogP contribution in [0.15, 0.2) is 114 Å². The molecule has 2 aromatic heterocycles. The molecule has 1 unspecified atom stereocenters. The number of aromatic nitrogens is 2. The number of nitro groups is 1. The highest BCUT2D eigenvalue weighted by atomic mass is 35.5. The van der Waals surface area contributed by atoms with Gasteiger partial charge in [0.05, 0.1) is 21.6 Å². The second-order valence-corrected chi connectivity index (χ2v) is 26.8.